The molecule has 1 fully saturated rings. The topological polar surface area (TPSA) is 68.7 Å². The SMILES string of the molecule is CCOC(=O)c1cccnc1C(C(=O)OCC)C1CCN(Cc2ccc(Cl)cc2)C1. The average molecular weight is 431 g/mol. The number of pyridine rings is 1. The van der Waals surface area contributed by atoms with E-state index in [2.05, 4.69) is 9.88 Å². The lowest BCUT2D eigenvalue weighted by atomic mass is 9.86. The molecule has 1 aliphatic heterocycles. The second kappa shape index (κ2) is 10.5. The van der Waals surface area contributed by atoms with Crippen LogP contribution in [0.1, 0.15) is 47.8 Å². The van der Waals surface area contributed by atoms with Gasteiger partial charge in [0, 0.05) is 24.3 Å². The number of ether oxygens (including phenoxy) is 2. The second-order valence-corrected chi connectivity index (χ2v) is 7.73. The van der Waals surface area contributed by atoms with Crippen LogP contribution in [0.3, 0.4) is 0 Å². The Labute approximate surface area is 182 Å². The molecule has 1 aliphatic rings. The fourth-order valence-electron chi connectivity index (χ4n) is 3.93. The van der Waals surface area contributed by atoms with Crippen molar-refractivity contribution in [2.24, 2.45) is 5.92 Å². The first kappa shape index (κ1) is 22.2. The Balaban J connectivity index is 1.82. The van der Waals surface area contributed by atoms with Gasteiger partial charge in [-0.15, -0.1) is 0 Å². The van der Waals surface area contributed by atoms with E-state index >= 15 is 0 Å². The fraction of sp³-hybridized carbons (Fsp3) is 0.435. The van der Waals surface area contributed by atoms with Crippen molar-refractivity contribution in [2.45, 2.75) is 32.7 Å². The van der Waals surface area contributed by atoms with Gasteiger partial charge in [0.25, 0.3) is 0 Å². The Morgan fingerprint density at radius 1 is 1.17 bits per heavy atom. The Hall–Kier alpha value is -2.44. The number of hydrogen-bond acceptors (Lipinski definition) is 6. The van der Waals surface area contributed by atoms with Gasteiger partial charge in [0.15, 0.2) is 0 Å². The van der Waals surface area contributed by atoms with Crippen LogP contribution >= 0.6 is 11.6 Å². The van der Waals surface area contributed by atoms with E-state index in [0.717, 1.165) is 25.1 Å². The highest BCUT2D eigenvalue weighted by atomic mass is 35.5. The summed E-state index contributed by atoms with van der Waals surface area (Å²) in [6.45, 7) is 6.41. The summed E-state index contributed by atoms with van der Waals surface area (Å²) in [7, 11) is 0. The summed E-state index contributed by atoms with van der Waals surface area (Å²) in [4.78, 5) is 32.1. The van der Waals surface area contributed by atoms with Gasteiger partial charge >= 0.3 is 11.9 Å². The number of halogens is 1. The second-order valence-electron chi connectivity index (χ2n) is 7.30. The number of carbonyl (C=O) groups excluding carboxylic acids is 2. The van der Waals surface area contributed by atoms with Crippen molar-refractivity contribution in [1.82, 2.24) is 9.88 Å². The zero-order valence-corrected chi connectivity index (χ0v) is 18.1. The largest absolute Gasteiger partial charge is 0.465 e. The Bertz CT molecular complexity index is 872. The van der Waals surface area contributed by atoms with E-state index in [1.54, 1.807) is 32.2 Å². The summed E-state index contributed by atoms with van der Waals surface area (Å²) in [6, 6.07) is 11.1. The number of likely N-dealkylation sites (tertiary alicyclic amines) is 1. The van der Waals surface area contributed by atoms with E-state index < -0.39 is 11.9 Å². The lowest BCUT2D eigenvalue weighted by molar-refractivity contribution is -0.146. The molecule has 0 N–H and O–H groups in total. The predicted molar refractivity (Wildman–Crippen MR) is 114 cm³/mol. The molecule has 0 spiro atoms. The van der Waals surface area contributed by atoms with Crippen LogP contribution in [-0.4, -0.2) is 48.1 Å². The standard InChI is InChI=1S/C23H27ClN2O4/c1-3-29-22(27)19-6-5-12-25-21(19)20(23(28)30-4-2)17-11-13-26(15-17)14-16-7-9-18(24)10-8-16/h5-10,12,17,20H,3-4,11,13-15H2,1-2H3. The summed E-state index contributed by atoms with van der Waals surface area (Å²) in [5.74, 6) is -1.42. The molecule has 1 aromatic heterocycles. The van der Waals surface area contributed by atoms with Crippen LogP contribution in [0.4, 0.5) is 0 Å². The predicted octanol–water partition coefficient (Wildman–Crippen LogP) is 4.08. The van der Waals surface area contributed by atoms with Crippen molar-refractivity contribution in [3.8, 4) is 0 Å². The van der Waals surface area contributed by atoms with Crippen molar-refractivity contribution in [3.05, 3.63) is 64.4 Å². The van der Waals surface area contributed by atoms with Crippen LogP contribution in [0.2, 0.25) is 5.02 Å². The first-order valence-electron chi connectivity index (χ1n) is 10.3. The Kier molecular flexibility index (Phi) is 7.82. The average Bonchev–Trinajstić information content (AvgIpc) is 3.18. The molecule has 0 saturated carbocycles. The van der Waals surface area contributed by atoms with E-state index in [1.807, 2.05) is 24.3 Å². The molecule has 0 aliphatic carbocycles. The molecule has 30 heavy (non-hydrogen) atoms. The van der Waals surface area contributed by atoms with Crippen molar-refractivity contribution in [3.63, 3.8) is 0 Å². The van der Waals surface area contributed by atoms with Gasteiger partial charge in [-0.3, -0.25) is 14.7 Å². The van der Waals surface area contributed by atoms with Crippen molar-refractivity contribution < 1.29 is 19.1 Å². The maximum atomic E-state index is 12.9. The van der Waals surface area contributed by atoms with Gasteiger partial charge in [-0.2, -0.15) is 0 Å². The highest BCUT2D eigenvalue weighted by molar-refractivity contribution is 6.30. The lowest BCUT2D eigenvalue weighted by Gasteiger charge is -2.23. The molecule has 2 heterocycles. The molecule has 2 atom stereocenters. The molecule has 3 rings (SSSR count). The zero-order valence-electron chi connectivity index (χ0n) is 17.3. The third-order valence-corrected chi connectivity index (χ3v) is 5.52. The van der Waals surface area contributed by atoms with E-state index in [1.165, 1.54) is 0 Å². The highest BCUT2D eigenvalue weighted by Gasteiger charge is 2.39. The number of carbonyl (C=O) groups is 2. The third-order valence-electron chi connectivity index (χ3n) is 5.27. The molecule has 1 saturated heterocycles. The number of esters is 2. The van der Waals surface area contributed by atoms with E-state index in [9.17, 15) is 9.59 Å². The fourth-order valence-corrected chi connectivity index (χ4v) is 4.06. The summed E-state index contributed by atoms with van der Waals surface area (Å²) < 4.78 is 10.5. The quantitative estimate of drug-likeness (QED) is 0.588. The Morgan fingerprint density at radius 2 is 1.90 bits per heavy atom. The number of rotatable bonds is 8. The van der Waals surface area contributed by atoms with E-state index in [0.29, 0.717) is 22.8 Å². The van der Waals surface area contributed by atoms with E-state index in [4.69, 9.17) is 21.1 Å². The first-order chi connectivity index (χ1) is 14.5. The molecular weight excluding hydrogens is 404 g/mol. The minimum absolute atomic E-state index is 0.000531. The number of nitrogens with zero attached hydrogens (tertiary/aromatic N) is 2. The number of benzene rings is 1. The molecule has 2 aromatic rings. The molecule has 1 aromatic carbocycles. The maximum Gasteiger partial charge on any atom is 0.340 e. The van der Waals surface area contributed by atoms with Gasteiger partial charge in [0.1, 0.15) is 5.92 Å². The minimum atomic E-state index is -0.610. The molecule has 2 unspecified atom stereocenters. The first-order valence-corrected chi connectivity index (χ1v) is 10.7. The maximum absolute atomic E-state index is 12.9. The molecule has 0 bridgehead atoms. The van der Waals surface area contributed by atoms with Crippen LogP contribution < -0.4 is 0 Å². The molecule has 160 valence electrons. The lowest BCUT2D eigenvalue weighted by Crippen LogP contribution is -2.29. The smallest absolute Gasteiger partial charge is 0.340 e. The van der Waals surface area contributed by atoms with Crippen molar-refractivity contribution in [1.29, 1.82) is 0 Å². The van der Waals surface area contributed by atoms with Crippen LogP contribution in [-0.2, 0) is 20.8 Å². The van der Waals surface area contributed by atoms with Gasteiger partial charge in [-0.25, -0.2) is 4.79 Å². The zero-order chi connectivity index (χ0) is 21.5. The van der Waals surface area contributed by atoms with Gasteiger partial charge in [-0.1, -0.05) is 23.7 Å². The number of hydrogen-bond donors (Lipinski definition) is 0. The highest BCUT2D eigenvalue weighted by Crippen LogP contribution is 2.34. The molecule has 6 nitrogen and oxygen atoms in total. The number of aromatic nitrogens is 1. The minimum Gasteiger partial charge on any atom is -0.465 e. The van der Waals surface area contributed by atoms with Crippen molar-refractivity contribution in [2.75, 3.05) is 26.3 Å². The van der Waals surface area contributed by atoms with Gasteiger partial charge in [0.2, 0.25) is 0 Å². The van der Waals surface area contributed by atoms with Gasteiger partial charge in [-0.05, 0) is 62.6 Å². The van der Waals surface area contributed by atoms with Crippen LogP contribution in [0.25, 0.3) is 0 Å². The van der Waals surface area contributed by atoms with Gasteiger partial charge in [0.05, 0.1) is 24.5 Å². The summed E-state index contributed by atoms with van der Waals surface area (Å²) in [5, 5.41) is 0.710. The van der Waals surface area contributed by atoms with Crippen LogP contribution in [0.15, 0.2) is 42.6 Å². The third kappa shape index (κ3) is 5.37. The summed E-state index contributed by atoms with van der Waals surface area (Å²) in [5.41, 5.74) is 1.93. The molecule has 0 amide bonds. The normalized spacial score (nSPS) is 17.5. The van der Waals surface area contributed by atoms with Crippen LogP contribution in [0, 0.1) is 5.92 Å². The van der Waals surface area contributed by atoms with Gasteiger partial charge < -0.3 is 9.47 Å². The summed E-state index contributed by atoms with van der Waals surface area (Å²) in [6.07, 6.45) is 2.42. The molecule has 7 heteroatoms. The van der Waals surface area contributed by atoms with Crippen LogP contribution in [0.5, 0.6) is 0 Å². The molecular formula is C23H27ClN2O4. The molecule has 0 radical (unpaired) electrons. The van der Waals surface area contributed by atoms with Crippen molar-refractivity contribution >= 4 is 23.5 Å². The summed E-state index contributed by atoms with van der Waals surface area (Å²) >= 11 is 5.98. The monoisotopic (exact) mass is 430 g/mol. The Morgan fingerprint density at radius 3 is 2.60 bits per heavy atom. The van der Waals surface area contributed by atoms with E-state index in [-0.39, 0.29) is 25.1 Å².